The lowest BCUT2D eigenvalue weighted by Gasteiger charge is -1.98. The topological polar surface area (TPSA) is 20.2 Å². The molecule has 1 N–H and O–H groups in total. The van der Waals surface area contributed by atoms with Crippen LogP contribution in [0.1, 0.15) is 58.8 Å². The van der Waals surface area contributed by atoms with Gasteiger partial charge < -0.3 is 5.11 Å². The fraction of sp³-hybridized carbons (Fsp3) is 0.714. The van der Waals surface area contributed by atoms with Crippen LogP contribution in [0.4, 0.5) is 0 Å². The van der Waals surface area contributed by atoms with E-state index in [1.54, 1.807) is 0 Å². The highest BCUT2D eigenvalue weighted by Crippen LogP contribution is 2.07. The van der Waals surface area contributed by atoms with E-state index in [2.05, 4.69) is 26.0 Å². The van der Waals surface area contributed by atoms with Crippen molar-refractivity contribution in [3.8, 4) is 0 Å². The Labute approximate surface area is 94.9 Å². The summed E-state index contributed by atoms with van der Waals surface area (Å²) in [7, 11) is 0. The molecule has 88 valence electrons. The molecule has 15 heavy (non-hydrogen) atoms. The molecule has 0 spiro atoms. The molecule has 0 aromatic heterocycles. The molecule has 0 radical (unpaired) electrons. The van der Waals surface area contributed by atoms with Gasteiger partial charge in [-0.25, -0.2) is 0 Å². The third kappa shape index (κ3) is 13.3. The summed E-state index contributed by atoms with van der Waals surface area (Å²) in [6.07, 6.45) is 16.1. The predicted octanol–water partition coefficient (Wildman–Crippen LogP) is 5.00. The maximum atomic E-state index is 8.42. The first-order valence-corrected chi connectivity index (χ1v) is 6.21. The maximum Gasteiger partial charge on any atom is 0.0751 e. The molecule has 0 heterocycles. The molecule has 0 aromatic carbocycles. The zero-order valence-electron chi connectivity index (χ0n) is 10.3. The van der Waals surface area contributed by atoms with Gasteiger partial charge in [0, 0.05) is 0 Å². The number of unbranched alkanes of at least 4 members (excludes halogenated alkanes) is 5. The van der Waals surface area contributed by atoms with Crippen LogP contribution in [0, 0.1) is 5.92 Å². The lowest BCUT2D eigenvalue weighted by atomic mass is 10.1. The Morgan fingerprint density at radius 3 is 2.00 bits per heavy atom. The maximum absolute atomic E-state index is 8.42. The van der Waals surface area contributed by atoms with Gasteiger partial charge >= 0.3 is 0 Å². The Bertz CT molecular complexity index is 168. The van der Waals surface area contributed by atoms with E-state index in [1.165, 1.54) is 38.5 Å². The minimum atomic E-state index is 0.784. The van der Waals surface area contributed by atoms with E-state index in [0.29, 0.717) is 0 Å². The summed E-state index contributed by atoms with van der Waals surface area (Å²) >= 11 is 0. The van der Waals surface area contributed by atoms with Gasteiger partial charge in [-0.3, -0.25) is 0 Å². The highest BCUT2D eigenvalue weighted by molar-refractivity contribution is 4.82. The van der Waals surface area contributed by atoms with Crippen LogP contribution in [0.5, 0.6) is 0 Å². The molecule has 0 saturated heterocycles. The average molecular weight is 210 g/mol. The van der Waals surface area contributed by atoms with Crippen molar-refractivity contribution in [2.75, 3.05) is 0 Å². The molecule has 0 aliphatic rings. The predicted molar refractivity (Wildman–Crippen MR) is 68.1 cm³/mol. The first-order chi connectivity index (χ1) is 7.27. The van der Waals surface area contributed by atoms with Crippen molar-refractivity contribution in [2.45, 2.75) is 58.8 Å². The third-order valence-electron chi connectivity index (χ3n) is 2.37. The van der Waals surface area contributed by atoms with Crippen LogP contribution in [-0.2, 0) is 0 Å². The summed E-state index contributed by atoms with van der Waals surface area (Å²) in [6.45, 7) is 4.50. The molecule has 0 amide bonds. The molecule has 0 unspecified atom stereocenters. The van der Waals surface area contributed by atoms with Crippen molar-refractivity contribution in [1.82, 2.24) is 0 Å². The molecular weight excluding hydrogens is 184 g/mol. The zero-order valence-corrected chi connectivity index (χ0v) is 10.3. The van der Waals surface area contributed by atoms with Crippen molar-refractivity contribution in [3.05, 3.63) is 24.5 Å². The van der Waals surface area contributed by atoms with Crippen LogP contribution in [-0.4, -0.2) is 5.11 Å². The number of allylic oxidation sites excluding steroid dienone is 3. The zero-order chi connectivity index (χ0) is 11.4. The van der Waals surface area contributed by atoms with Gasteiger partial charge in [-0.1, -0.05) is 44.9 Å². The standard InChI is InChI=1S/C14H26O/c1-14(2)12-10-8-6-4-3-5-7-9-11-13-15/h8,10-11,13-15H,3-7,9,12H2,1-2H3/b10-8+,13-11+. The fourth-order valence-corrected chi connectivity index (χ4v) is 1.44. The van der Waals surface area contributed by atoms with Crippen LogP contribution in [0.2, 0.25) is 0 Å². The third-order valence-corrected chi connectivity index (χ3v) is 2.37. The first kappa shape index (κ1) is 14.3. The molecular formula is C14H26O. The Morgan fingerprint density at radius 2 is 1.47 bits per heavy atom. The molecule has 0 bridgehead atoms. The van der Waals surface area contributed by atoms with Crippen molar-refractivity contribution in [3.63, 3.8) is 0 Å². The van der Waals surface area contributed by atoms with Gasteiger partial charge in [0.1, 0.15) is 0 Å². The Kier molecular flexibility index (Phi) is 10.8. The van der Waals surface area contributed by atoms with E-state index in [-0.39, 0.29) is 0 Å². The van der Waals surface area contributed by atoms with Crippen LogP contribution in [0.3, 0.4) is 0 Å². The number of aliphatic hydroxyl groups is 1. The summed E-state index contributed by atoms with van der Waals surface area (Å²) < 4.78 is 0. The van der Waals surface area contributed by atoms with E-state index in [1.807, 2.05) is 6.08 Å². The van der Waals surface area contributed by atoms with Gasteiger partial charge in [0.2, 0.25) is 0 Å². The number of hydrogen-bond donors (Lipinski definition) is 1. The fourth-order valence-electron chi connectivity index (χ4n) is 1.44. The molecule has 1 nitrogen and oxygen atoms in total. The van der Waals surface area contributed by atoms with Crippen molar-refractivity contribution < 1.29 is 5.11 Å². The smallest absolute Gasteiger partial charge is 0.0751 e. The second-order valence-electron chi connectivity index (χ2n) is 4.48. The lowest BCUT2D eigenvalue weighted by molar-refractivity contribution is 0.469. The summed E-state index contributed by atoms with van der Waals surface area (Å²) in [6, 6.07) is 0. The number of rotatable bonds is 9. The number of hydrogen-bond acceptors (Lipinski definition) is 1. The van der Waals surface area contributed by atoms with Crippen molar-refractivity contribution in [1.29, 1.82) is 0 Å². The monoisotopic (exact) mass is 210 g/mol. The summed E-state index contributed by atoms with van der Waals surface area (Å²) in [5.74, 6) is 0.784. The first-order valence-electron chi connectivity index (χ1n) is 6.21. The second-order valence-corrected chi connectivity index (χ2v) is 4.48. The normalized spacial score (nSPS) is 12.2. The second kappa shape index (κ2) is 11.4. The SMILES string of the molecule is CC(C)C/C=C/CCCCCC/C=C/O. The molecule has 0 saturated carbocycles. The highest BCUT2D eigenvalue weighted by Gasteiger charge is 1.89. The minimum Gasteiger partial charge on any atom is -0.516 e. The lowest BCUT2D eigenvalue weighted by Crippen LogP contribution is -1.81. The van der Waals surface area contributed by atoms with E-state index >= 15 is 0 Å². The van der Waals surface area contributed by atoms with Crippen LogP contribution in [0.25, 0.3) is 0 Å². The summed E-state index contributed by atoms with van der Waals surface area (Å²) in [5, 5.41) is 8.42. The molecule has 0 aliphatic carbocycles. The molecule has 0 aliphatic heterocycles. The summed E-state index contributed by atoms with van der Waals surface area (Å²) in [4.78, 5) is 0. The molecule has 0 aromatic rings. The average Bonchev–Trinajstić information content (AvgIpc) is 2.20. The number of aliphatic hydroxyl groups excluding tert-OH is 1. The van der Waals surface area contributed by atoms with Gasteiger partial charge in [-0.15, -0.1) is 0 Å². The quantitative estimate of drug-likeness (QED) is 0.322. The molecule has 0 atom stereocenters. The molecule has 0 fully saturated rings. The van der Waals surface area contributed by atoms with Crippen LogP contribution < -0.4 is 0 Å². The van der Waals surface area contributed by atoms with Crippen molar-refractivity contribution >= 4 is 0 Å². The Morgan fingerprint density at radius 1 is 0.867 bits per heavy atom. The van der Waals surface area contributed by atoms with Crippen LogP contribution >= 0.6 is 0 Å². The summed E-state index contributed by atoms with van der Waals surface area (Å²) in [5.41, 5.74) is 0. The van der Waals surface area contributed by atoms with Gasteiger partial charge in [-0.2, -0.15) is 0 Å². The van der Waals surface area contributed by atoms with E-state index in [9.17, 15) is 0 Å². The largest absolute Gasteiger partial charge is 0.516 e. The van der Waals surface area contributed by atoms with Gasteiger partial charge in [0.15, 0.2) is 0 Å². The van der Waals surface area contributed by atoms with E-state index < -0.39 is 0 Å². The highest BCUT2D eigenvalue weighted by atomic mass is 16.2. The Hall–Kier alpha value is -0.720. The van der Waals surface area contributed by atoms with Gasteiger partial charge in [-0.05, 0) is 38.0 Å². The van der Waals surface area contributed by atoms with Crippen LogP contribution in [0.15, 0.2) is 24.5 Å². The minimum absolute atomic E-state index is 0.784. The van der Waals surface area contributed by atoms with Gasteiger partial charge in [0.05, 0.1) is 6.26 Å². The molecule has 0 rings (SSSR count). The van der Waals surface area contributed by atoms with E-state index in [0.717, 1.165) is 18.6 Å². The van der Waals surface area contributed by atoms with Crippen molar-refractivity contribution in [2.24, 2.45) is 5.92 Å². The van der Waals surface area contributed by atoms with Gasteiger partial charge in [0.25, 0.3) is 0 Å². The van der Waals surface area contributed by atoms with E-state index in [4.69, 9.17) is 5.11 Å². The Balaban J connectivity index is 3.07. The molecule has 1 heteroatoms.